The molecule has 1 aromatic rings. The Balaban J connectivity index is 1.57. The Morgan fingerprint density at radius 2 is 2.00 bits per heavy atom. The fourth-order valence-electron chi connectivity index (χ4n) is 2.77. The van der Waals surface area contributed by atoms with E-state index in [1.54, 1.807) is 0 Å². The number of likely N-dealkylation sites (tertiary alicyclic amines) is 1. The minimum Gasteiger partial charge on any atom is -0.296 e. The lowest BCUT2D eigenvalue weighted by molar-refractivity contribution is 0.283. The zero-order chi connectivity index (χ0) is 10.1. The maximum absolute atomic E-state index is 2.62. The van der Waals surface area contributed by atoms with E-state index in [1.165, 1.54) is 31.5 Å². The zero-order valence-electron chi connectivity index (χ0n) is 8.97. The van der Waals surface area contributed by atoms with Crippen molar-refractivity contribution < 1.29 is 0 Å². The maximum atomic E-state index is 2.62. The molecule has 1 aliphatic heterocycles. The summed E-state index contributed by atoms with van der Waals surface area (Å²) in [4.78, 5) is 2.62. The first kappa shape index (κ1) is 9.17. The van der Waals surface area contributed by atoms with Gasteiger partial charge in [-0.1, -0.05) is 42.5 Å². The minimum atomic E-state index is 0.749. The van der Waals surface area contributed by atoms with E-state index < -0.39 is 0 Å². The third-order valence-electron chi connectivity index (χ3n) is 3.62. The van der Waals surface area contributed by atoms with Gasteiger partial charge in [0, 0.05) is 19.1 Å². The van der Waals surface area contributed by atoms with Crippen molar-refractivity contribution in [3.63, 3.8) is 0 Å². The van der Waals surface area contributed by atoms with Gasteiger partial charge in [0.1, 0.15) is 0 Å². The van der Waals surface area contributed by atoms with Gasteiger partial charge in [0.2, 0.25) is 0 Å². The van der Waals surface area contributed by atoms with Gasteiger partial charge in [0.15, 0.2) is 0 Å². The van der Waals surface area contributed by atoms with E-state index >= 15 is 0 Å². The lowest BCUT2D eigenvalue weighted by Crippen LogP contribution is -2.31. The molecule has 2 unspecified atom stereocenters. The maximum Gasteiger partial charge on any atom is 0.0284 e. The fourth-order valence-corrected chi connectivity index (χ4v) is 2.77. The molecule has 0 N–H and O–H groups in total. The monoisotopic (exact) mass is 199 g/mol. The molecule has 1 aliphatic carbocycles. The molecular weight excluding hydrogens is 182 g/mol. The molecule has 0 saturated carbocycles. The third-order valence-corrected chi connectivity index (χ3v) is 3.62. The highest BCUT2D eigenvalue weighted by atomic mass is 15.2. The molecule has 0 spiro atoms. The lowest BCUT2D eigenvalue weighted by Gasteiger charge is -2.23. The van der Waals surface area contributed by atoms with Crippen LogP contribution in [0.15, 0.2) is 42.5 Å². The fraction of sp³-hybridized carbons (Fsp3) is 0.429. The summed E-state index contributed by atoms with van der Waals surface area (Å²) in [6.07, 6.45) is 7.34. The molecule has 1 fully saturated rings. The molecule has 78 valence electrons. The molecular formula is C14H17N. The Hall–Kier alpha value is -1.08. The zero-order valence-corrected chi connectivity index (χ0v) is 8.97. The van der Waals surface area contributed by atoms with Gasteiger partial charge in [0.05, 0.1) is 0 Å². The number of hydrogen-bond donors (Lipinski definition) is 0. The van der Waals surface area contributed by atoms with Crippen LogP contribution in [0.25, 0.3) is 0 Å². The van der Waals surface area contributed by atoms with Crippen molar-refractivity contribution >= 4 is 0 Å². The van der Waals surface area contributed by atoms with Gasteiger partial charge in [-0.2, -0.15) is 0 Å². The van der Waals surface area contributed by atoms with Gasteiger partial charge in [0.25, 0.3) is 0 Å². The number of hydrogen-bond acceptors (Lipinski definition) is 1. The second kappa shape index (κ2) is 3.82. The third kappa shape index (κ3) is 1.84. The SMILES string of the molecule is C1=CC2CC1CN2CCc1ccccc1. The van der Waals surface area contributed by atoms with Crippen LogP contribution in [0.3, 0.4) is 0 Å². The van der Waals surface area contributed by atoms with Crippen molar-refractivity contribution in [3.05, 3.63) is 48.0 Å². The van der Waals surface area contributed by atoms with Gasteiger partial charge < -0.3 is 0 Å². The van der Waals surface area contributed by atoms with Gasteiger partial charge in [-0.3, -0.25) is 4.90 Å². The van der Waals surface area contributed by atoms with E-state index in [1.807, 2.05) is 0 Å². The summed E-state index contributed by atoms with van der Waals surface area (Å²) in [5, 5.41) is 0. The number of benzene rings is 1. The highest BCUT2D eigenvalue weighted by Crippen LogP contribution is 2.31. The molecule has 1 heteroatoms. The van der Waals surface area contributed by atoms with Crippen molar-refractivity contribution in [2.45, 2.75) is 18.9 Å². The van der Waals surface area contributed by atoms with Crippen LogP contribution >= 0.6 is 0 Å². The first-order chi connectivity index (χ1) is 7.42. The van der Waals surface area contributed by atoms with Crippen LogP contribution in [0.5, 0.6) is 0 Å². The summed E-state index contributed by atoms with van der Waals surface area (Å²) >= 11 is 0. The Kier molecular flexibility index (Phi) is 2.34. The van der Waals surface area contributed by atoms with Crippen LogP contribution in [0, 0.1) is 5.92 Å². The minimum absolute atomic E-state index is 0.749. The normalized spacial score (nSPS) is 28.8. The molecule has 1 heterocycles. The predicted octanol–water partition coefficient (Wildman–Crippen LogP) is 2.49. The van der Waals surface area contributed by atoms with Crippen molar-refractivity contribution in [2.24, 2.45) is 5.92 Å². The molecule has 2 bridgehead atoms. The molecule has 2 aliphatic rings. The number of nitrogens with zero attached hydrogens (tertiary/aromatic N) is 1. The van der Waals surface area contributed by atoms with E-state index in [4.69, 9.17) is 0 Å². The summed E-state index contributed by atoms with van der Waals surface area (Å²) in [5.74, 6) is 0.853. The van der Waals surface area contributed by atoms with Gasteiger partial charge >= 0.3 is 0 Å². The summed E-state index contributed by atoms with van der Waals surface area (Å²) in [7, 11) is 0. The summed E-state index contributed by atoms with van der Waals surface area (Å²) < 4.78 is 0. The summed E-state index contributed by atoms with van der Waals surface area (Å²) in [6, 6.07) is 11.5. The molecule has 1 saturated heterocycles. The molecule has 0 radical (unpaired) electrons. The van der Waals surface area contributed by atoms with Crippen molar-refractivity contribution in [3.8, 4) is 0 Å². The van der Waals surface area contributed by atoms with Crippen molar-refractivity contribution in [1.82, 2.24) is 4.90 Å². The smallest absolute Gasteiger partial charge is 0.0284 e. The first-order valence-corrected chi connectivity index (χ1v) is 5.88. The predicted molar refractivity (Wildman–Crippen MR) is 62.8 cm³/mol. The van der Waals surface area contributed by atoms with Crippen LogP contribution in [0.4, 0.5) is 0 Å². The molecule has 3 rings (SSSR count). The lowest BCUT2D eigenvalue weighted by atomic mass is 10.1. The van der Waals surface area contributed by atoms with Crippen LogP contribution < -0.4 is 0 Å². The topological polar surface area (TPSA) is 3.24 Å². The summed E-state index contributed by atoms with van der Waals surface area (Å²) in [6.45, 7) is 2.50. The molecule has 2 atom stereocenters. The molecule has 1 nitrogen and oxygen atoms in total. The van der Waals surface area contributed by atoms with E-state index in [9.17, 15) is 0 Å². The van der Waals surface area contributed by atoms with Gasteiger partial charge in [-0.05, 0) is 24.3 Å². The van der Waals surface area contributed by atoms with Crippen LogP contribution in [0.2, 0.25) is 0 Å². The average Bonchev–Trinajstić information content (AvgIpc) is 2.89. The molecule has 1 aromatic carbocycles. The Morgan fingerprint density at radius 3 is 2.67 bits per heavy atom. The quantitative estimate of drug-likeness (QED) is 0.676. The highest BCUT2D eigenvalue weighted by molar-refractivity contribution is 5.16. The van der Waals surface area contributed by atoms with Gasteiger partial charge in [-0.25, -0.2) is 0 Å². The first-order valence-electron chi connectivity index (χ1n) is 5.88. The van der Waals surface area contributed by atoms with E-state index in [2.05, 4.69) is 47.4 Å². The average molecular weight is 199 g/mol. The van der Waals surface area contributed by atoms with Crippen molar-refractivity contribution in [2.75, 3.05) is 13.1 Å². The Labute approximate surface area is 91.4 Å². The van der Waals surface area contributed by atoms with E-state index in [-0.39, 0.29) is 0 Å². The van der Waals surface area contributed by atoms with E-state index in [0.29, 0.717) is 0 Å². The standard InChI is InChI=1S/C14H17N/c1-2-4-12(5-3-1)8-9-15-11-13-6-7-14(15)10-13/h1-7,13-14H,8-11H2. The van der Waals surface area contributed by atoms with Crippen molar-refractivity contribution in [1.29, 1.82) is 0 Å². The van der Waals surface area contributed by atoms with E-state index in [0.717, 1.165) is 12.0 Å². The van der Waals surface area contributed by atoms with Gasteiger partial charge in [-0.15, -0.1) is 0 Å². The molecule has 0 aromatic heterocycles. The van der Waals surface area contributed by atoms with Crippen LogP contribution in [-0.4, -0.2) is 24.0 Å². The second-order valence-corrected chi connectivity index (χ2v) is 4.68. The number of rotatable bonds is 3. The van der Waals surface area contributed by atoms with Crippen LogP contribution in [0.1, 0.15) is 12.0 Å². The molecule has 0 amide bonds. The Morgan fingerprint density at radius 1 is 1.13 bits per heavy atom. The highest BCUT2D eigenvalue weighted by Gasteiger charge is 2.32. The summed E-state index contributed by atoms with van der Waals surface area (Å²) in [5.41, 5.74) is 1.46. The largest absolute Gasteiger partial charge is 0.296 e. The second-order valence-electron chi connectivity index (χ2n) is 4.68. The Bertz CT molecular complexity index is 355. The molecule has 15 heavy (non-hydrogen) atoms. The number of fused-ring (bicyclic) bond motifs is 2. The van der Waals surface area contributed by atoms with Crippen LogP contribution in [-0.2, 0) is 6.42 Å².